The SMILES string of the molecule is C=C(C)c1ccc(CC)cc1Cl. The first-order valence-corrected chi connectivity index (χ1v) is 4.47. The molecule has 0 spiro atoms. The van der Waals surface area contributed by atoms with Gasteiger partial charge in [0.1, 0.15) is 0 Å². The van der Waals surface area contributed by atoms with Crippen LogP contribution in [0.3, 0.4) is 0 Å². The van der Waals surface area contributed by atoms with Crippen molar-refractivity contribution in [2.75, 3.05) is 0 Å². The van der Waals surface area contributed by atoms with Crippen molar-refractivity contribution in [2.24, 2.45) is 0 Å². The lowest BCUT2D eigenvalue weighted by molar-refractivity contribution is 1.14. The summed E-state index contributed by atoms with van der Waals surface area (Å²) in [5, 5.41) is 0.807. The summed E-state index contributed by atoms with van der Waals surface area (Å²) in [7, 11) is 0. The zero-order chi connectivity index (χ0) is 9.14. The largest absolute Gasteiger partial charge is 0.0955 e. The van der Waals surface area contributed by atoms with Gasteiger partial charge in [-0.3, -0.25) is 0 Å². The van der Waals surface area contributed by atoms with Crippen molar-refractivity contribution in [3.8, 4) is 0 Å². The molecule has 0 aliphatic carbocycles. The van der Waals surface area contributed by atoms with Crippen molar-refractivity contribution in [3.05, 3.63) is 40.9 Å². The lowest BCUT2D eigenvalue weighted by atomic mass is 10.1. The predicted molar refractivity (Wildman–Crippen MR) is 55.5 cm³/mol. The number of halogens is 1. The molecule has 64 valence electrons. The fourth-order valence-corrected chi connectivity index (χ4v) is 1.49. The molecule has 0 aromatic heterocycles. The van der Waals surface area contributed by atoms with E-state index in [-0.39, 0.29) is 0 Å². The van der Waals surface area contributed by atoms with Crippen LogP contribution in [0, 0.1) is 0 Å². The first kappa shape index (κ1) is 9.34. The van der Waals surface area contributed by atoms with Crippen LogP contribution in [-0.4, -0.2) is 0 Å². The molecule has 0 nitrogen and oxygen atoms in total. The fourth-order valence-electron chi connectivity index (χ4n) is 1.12. The topological polar surface area (TPSA) is 0 Å². The van der Waals surface area contributed by atoms with E-state index in [2.05, 4.69) is 19.6 Å². The predicted octanol–water partition coefficient (Wildman–Crippen LogP) is 3.94. The van der Waals surface area contributed by atoms with Gasteiger partial charge in [0.05, 0.1) is 0 Å². The lowest BCUT2D eigenvalue weighted by Crippen LogP contribution is -1.84. The average Bonchev–Trinajstić information content (AvgIpc) is 2.03. The Morgan fingerprint density at radius 1 is 1.50 bits per heavy atom. The second kappa shape index (κ2) is 3.77. The van der Waals surface area contributed by atoms with Crippen LogP contribution in [0.25, 0.3) is 5.57 Å². The summed E-state index contributed by atoms with van der Waals surface area (Å²) in [6.45, 7) is 7.94. The molecule has 0 amide bonds. The van der Waals surface area contributed by atoms with Crippen LogP contribution < -0.4 is 0 Å². The monoisotopic (exact) mass is 180 g/mol. The number of hydrogen-bond acceptors (Lipinski definition) is 0. The maximum absolute atomic E-state index is 6.04. The summed E-state index contributed by atoms with van der Waals surface area (Å²) in [5.41, 5.74) is 3.33. The van der Waals surface area contributed by atoms with Gasteiger partial charge < -0.3 is 0 Å². The summed E-state index contributed by atoms with van der Waals surface area (Å²) in [5.74, 6) is 0. The van der Waals surface area contributed by atoms with E-state index in [1.165, 1.54) is 5.56 Å². The van der Waals surface area contributed by atoms with Gasteiger partial charge in [0.2, 0.25) is 0 Å². The molecule has 1 rings (SSSR count). The molecule has 0 atom stereocenters. The molecule has 1 aromatic carbocycles. The maximum atomic E-state index is 6.04. The van der Waals surface area contributed by atoms with Crippen molar-refractivity contribution in [1.82, 2.24) is 0 Å². The van der Waals surface area contributed by atoms with Crippen molar-refractivity contribution >= 4 is 17.2 Å². The van der Waals surface area contributed by atoms with Crippen LogP contribution >= 0.6 is 11.6 Å². The van der Waals surface area contributed by atoms with Gasteiger partial charge in [0.25, 0.3) is 0 Å². The van der Waals surface area contributed by atoms with Gasteiger partial charge >= 0.3 is 0 Å². The van der Waals surface area contributed by atoms with E-state index in [1.807, 2.05) is 19.1 Å². The summed E-state index contributed by atoms with van der Waals surface area (Å²) in [6, 6.07) is 6.13. The molecule has 0 saturated carbocycles. The first-order chi connectivity index (χ1) is 5.65. The molecule has 0 heterocycles. The summed E-state index contributed by atoms with van der Waals surface area (Å²) >= 11 is 6.04. The van der Waals surface area contributed by atoms with Crippen LogP contribution in [0.1, 0.15) is 25.0 Å². The highest BCUT2D eigenvalue weighted by Gasteiger charge is 2.00. The number of hydrogen-bond donors (Lipinski definition) is 0. The molecule has 0 unspecified atom stereocenters. The average molecular weight is 181 g/mol. The molecule has 0 bridgehead atoms. The third-order valence-corrected chi connectivity index (χ3v) is 2.21. The van der Waals surface area contributed by atoms with Crippen molar-refractivity contribution in [3.63, 3.8) is 0 Å². The Balaban J connectivity index is 3.12. The molecule has 0 aliphatic heterocycles. The molecule has 0 fully saturated rings. The zero-order valence-electron chi connectivity index (χ0n) is 7.52. The third kappa shape index (κ3) is 1.89. The van der Waals surface area contributed by atoms with Crippen LogP contribution in [-0.2, 0) is 6.42 Å². The van der Waals surface area contributed by atoms with E-state index >= 15 is 0 Å². The zero-order valence-corrected chi connectivity index (χ0v) is 8.28. The van der Waals surface area contributed by atoms with E-state index in [1.54, 1.807) is 0 Å². The normalized spacial score (nSPS) is 9.92. The summed E-state index contributed by atoms with van der Waals surface area (Å²) in [6.07, 6.45) is 1.02. The van der Waals surface area contributed by atoms with Crippen molar-refractivity contribution < 1.29 is 0 Å². The van der Waals surface area contributed by atoms with Crippen molar-refractivity contribution in [2.45, 2.75) is 20.3 Å². The Morgan fingerprint density at radius 2 is 2.17 bits per heavy atom. The molecular weight excluding hydrogens is 168 g/mol. The summed E-state index contributed by atoms with van der Waals surface area (Å²) < 4.78 is 0. The van der Waals surface area contributed by atoms with E-state index in [0.717, 1.165) is 22.6 Å². The minimum atomic E-state index is 0.807. The highest BCUT2D eigenvalue weighted by Crippen LogP contribution is 2.23. The maximum Gasteiger partial charge on any atom is 0.0483 e. The highest BCUT2D eigenvalue weighted by atomic mass is 35.5. The standard InChI is InChI=1S/C11H13Cl/c1-4-9-5-6-10(8(2)3)11(12)7-9/h5-7H,2,4H2,1,3H3. The highest BCUT2D eigenvalue weighted by molar-refractivity contribution is 6.32. The number of allylic oxidation sites excluding steroid dienone is 1. The Morgan fingerprint density at radius 3 is 2.58 bits per heavy atom. The Kier molecular flexibility index (Phi) is 2.93. The van der Waals surface area contributed by atoms with Crippen LogP contribution in [0.4, 0.5) is 0 Å². The van der Waals surface area contributed by atoms with E-state index < -0.39 is 0 Å². The second-order valence-corrected chi connectivity index (χ2v) is 3.36. The Bertz CT molecular complexity index is 300. The molecule has 1 heteroatoms. The molecular formula is C11H13Cl. The van der Waals surface area contributed by atoms with Gasteiger partial charge in [-0.1, -0.05) is 37.2 Å². The quantitative estimate of drug-likeness (QED) is 0.647. The molecule has 1 aromatic rings. The van der Waals surface area contributed by atoms with Crippen LogP contribution in [0.5, 0.6) is 0 Å². The number of rotatable bonds is 2. The first-order valence-electron chi connectivity index (χ1n) is 4.09. The third-order valence-electron chi connectivity index (χ3n) is 1.90. The molecule has 0 radical (unpaired) electrons. The molecule has 12 heavy (non-hydrogen) atoms. The van der Waals surface area contributed by atoms with E-state index in [4.69, 9.17) is 11.6 Å². The molecule has 0 saturated heterocycles. The van der Waals surface area contributed by atoms with Gasteiger partial charge in [-0.25, -0.2) is 0 Å². The Hall–Kier alpha value is -0.750. The van der Waals surface area contributed by atoms with Gasteiger partial charge in [-0.15, -0.1) is 0 Å². The molecule has 0 N–H and O–H groups in total. The minimum Gasteiger partial charge on any atom is -0.0955 e. The smallest absolute Gasteiger partial charge is 0.0483 e. The minimum absolute atomic E-state index is 0.807. The van der Waals surface area contributed by atoms with Crippen LogP contribution in [0.2, 0.25) is 5.02 Å². The number of aryl methyl sites for hydroxylation is 1. The number of benzene rings is 1. The fraction of sp³-hybridized carbons (Fsp3) is 0.273. The van der Waals surface area contributed by atoms with Gasteiger partial charge in [-0.2, -0.15) is 0 Å². The lowest BCUT2D eigenvalue weighted by Gasteiger charge is -2.04. The molecule has 0 aliphatic rings. The Labute approximate surface area is 78.9 Å². The van der Waals surface area contributed by atoms with Crippen LogP contribution in [0.15, 0.2) is 24.8 Å². The van der Waals surface area contributed by atoms with E-state index in [9.17, 15) is 0 Å². The summed E-state index contributed by atoms with van der Waals surface area (Å²) in [4.78, 5) is 0. The van der Waals surface area contributed by atoms with Gasteiger partial charge in [0.15, 0.2) is 0 Å². The second-order valence-electron chi connectivity index (χ2n) is 2.95. The van der Waals surface area contributed by atoms with E-state index in [0.29, 0.717) is 0 Å². The van der Waals surface area contributed by atoms with Gasteiger partial charge in [-0.05, 0) is 36.1 Å². The van der Waals surface area contributed by atoms with Crippen molar-refractivity contribution in [1.29, 1.82) is 0 Å². The van der Waals surface area contributed by atoms with Gasteiger partial charge in [0, 0.05) is 5.02 Å².